The number of benzene rings is 3. The van der Waals surface area contributed by atoms with Crippen LogP contribution in [0.1, 0.15) is 83.5 Å². The molecular formula is C37H58Br2Cl4N2Si2Zr2. The molecule has 0 bridgehead atoms. The standard InChI is InChI=1S/C15H10Br.C10H8Br.2C4H10N.4CH3.4ClH.2H2Si.2Zr/c16-15-7-5-11(6-8-15)14-9-12-3-1-2-4-13(12)10-14;1-7-5-8-3-2-4-10(11)9(8)6-7;2*1-4(2,3)5;;;;;;;;;;;;/h1-10H;2-6H,1H3;2*5H,1-3H3;4*1H3;4*1H;2*1H2;;/q;;2*-1;;;;;;;;;;;2*+1. The molecule has 2 N–H and O–H groups in total. The summed E-state index contributed by atoms with van der Waals surface area (Å²) in [7, 11) is 0. The van der Waals surface area contributed by atoms with Gasteiger partial charge in [-0.05, 0) is 0 Å². The van der Waals surface area contributed by atoms with E-state index < -0.39 is 35.4 Å². The first kappa shape index (κ1) is 50.4. The van der Waals surface area contributed by atoms with E-state index in [1.54, 1.807) is 0 Å². The molecule has 0 saturated heterocycles. The van der Waals surface area contributed by atoms with E-state index in [1.807, 2.05) is 0 Å². The van der Waals surface area contributed by atoms with Crippen LogP contribution in [0.4, 0.5) is 0 Å². The maximum absolute atomic E-state index is 4.14. The van der Waals surface area contributed by atoms with Crippen LogP contribution in [-0.2, 0) is 35.4 Å². The zero-order valence-electron chi connectivity index (χ0n) is 31.0. The Bertz CT molecular complexity index is 1830. The molecule has 2 atom stereocenters. The van der Waals surface area contributed by atoms with E-state index >= 15 is 0 Å². The molecule has 2 aliphatic rings. The molecule has 0 amide bonds. The van der Waals surface area contributed by atoms with Gasteiger partial charge in [-0.2, -0.15) is 0 Å². The fourth-order valence-electron chi connectivity index (χ4n) is 8.55. The van der Waals surface area contributed by atoms with Crippen molar-refractivity contribution in [1.29, 1.82) is 0 Å². The van der Waals surface area contributed by atoms with Gasteiger partial charge in [0.25, 0.3) is 0 Å². The second-order valence-corrected chi connectivity index (χ2v) is 76.8. The van der Waals surface area contributed by atoms with Gasteiger partial charge in [-0.15, -0.1) is 49.6 Å². The quantitative estimate of drug-likeness (QED) is 0.249. The monoisotopic (exact) mass is 1060 g/mol. The molecular weight excluding hydrogens is 1010 g/mol. The number of fused-ring (bicyclic) bond motifs is 2. The smallest absolute Gasteiger partial charge is 0.147 e. The van der Waals surface area contributed by atoms with Crippen LogP contribution < -0.4 is 6.52 Å². The van der Waals surface area contributed by atoms with Crippen LogP contribution in [0.15, 0.2) is 81.2 Å². The van der Waals surface area contributed by atoms with E-state index in [2.05, 4.69) is 198 Å². The molecule has 0 radical (unpaired) electrons. The minimum atomic E-state index is -3.25. The van der Waals surface area contributed by atoms with Crippen molar-refractivity contribution in [2.75, 3.05) is 0 Å². The van der Waals surface area contributed by atoms with Gasteiger partial charge in [0, 0.05) is 0 Å². The van der Waals surface area contributed by atoms with Gasteiger partial charge in [-0.25, -0.2) is 0 Å². The van der Waals surface area contributed by atoms with Crippen LogP contribution in [0.5, 0.6) is 0 Å². The summed E-state index contributed by atoms with van der Waals surface area (Å²) in [5.74, 6) is 0. The zero-order chi connectivity index (χ0) is 33.9. The summed E-state index contributed by atoms with van der Waals surface area (Å²) >= 11 is 1.04. The predicted octanol–water partition coefficient (Wildman–Crippen LogP) is 11.9. The minimum absolute atomic E-state index is 0. The van der Waals surface area contributed by atoms with E-state index in [0.717, 1.165) is 4.47 Å². The first-order valence-electron chi connectivity index (χ1n) is 16.1. The van der Waals surface area contributed by atoms with Crippen molar-refractivity contribution in [1.82, 2.24) is 6.52 Å². The molecule has 0 aromatic heterocycles. The van der Waals surface area contributed by atoms with Gasteiger partial charge >= 0.3 is 300 Å². The van der Waals surface area contributed by atoms with Gasteiger partial charge in [0.2, 0.25) is 0 Å². The SMILES string of the molecule is CC(C)(C)[NH][Zr]([CH3])([CH3])(=[SiH2])[CH]1C(c2ccc(Br)cc2)=Cc2ccccc21.CC1=Cc2cccc(Br)c2[CH]1[Zr]([CH3])([CH3])(=[SiH2])[NH]C(C)(C)C.Cl.Cl.Cl.Cl. The average molecular weight is 1070 g/mol. The summed E-state index contributed by atoms with van der Waals surface area (Å²) in [4.78, 5) is 0. The van der Waals surface area contributed by atoms with E-state index in [4.69, 9.17) is 0 Å². The van der Waals surface area contributed by atoms with Crippen molar-refractivity contribution < 1.29 is 35.4 Å². The molecule has 274 valence electrons. The Kier molecular flexibility index (Phi) is 17.9. The minimum Gasteiger partial charge on any atom is -0.147 e. The molecule has 2 aliphatic carbocycles. The molecule has 0 spiro atoms. The van der Waals surface area contributed by atoms with Gasteiger partial charge in [0.05, 0.1) is 0 Å². The normalized spacial score (nSPS) is 17.3. The molecule has 0 heterocycles. The first-order chi connectivity index (χ1) is 20.3. The van der Waals surface area contributed by atoms with Crippen LogP contribution in [0.25, 0.3) is 17.7 Å². The molecule has 49 heavy (non-hydrogen) atoms. The van der Waals surface area contributed by atoms with Gasteiger partial charge in [0.1, 0.15) is 0 Å². The Morgan fingerprint density at radius 2 is 1.08 bits per heavy atom. The van der Waals surface area contributed by atoms with Gasteiger partial charge in [0.15, 0.2) is 0 Å². The summed E-state index contributed by atoms with van der Waals surface area (Å²) in [6.07, 6.45) is 4.80. The zero-order valence-corrected chi connectivity index (χ0v) is 45.1. The number of halogens is 6. The Labute approximate surface area is 344 Å². The van der Waals surface area contributed by atoms with Crippen molar-refractivity contribution in [2.45, 2.75) is 85.3 Å². The summed E-state index contributed by atoms with van der Waals surface area (Å²) in [5, 5.41) is 0. The van der Waals surface area contributed by atoms with Crippen LogP contribution in [-0.4, -0.2) is 24.8 Å². The van der Waals surface area contributed by atoms with Crippen LogP contribution >= 0.6 is 81.5 Å². The molecule has 2 nitrogen and oxygen atoms in total. The molecule has 0 aliphatic heterocycles. The summed E-state index contributed by atoms with van der Waals surface area (Å²) in [6.45, 7) is 20.6. The van der Waals surface area contributed by atoms with Gasteiger partial charge < -0.3 is 0 Å². The Balaban J connectivity index is 0.000000888. The second kappa shape index (κ2) is 17.5. The fraction of sp³-hybridized carbons (Fsp3) is 0.405. The molecule has 2 unspecified atom stereocenters. The van der Waals surface area contributed by atoms with Crippen molar-refractivity contribution in [2.24, 2.45) is 0 Å². The molecule has 12 heteroatoms. The van der Waals surface area contributed by atoms with Crippen molar-refractivity contribution >= 4 is 113 Å². The topological polar surface area (TPSA) is 24.1 Å². The number of rotatable bonds is 5. The molecule has 0 fully saturated rings. The maximum atomic E-state index is 4.14. The number of allylic oxidation sites excluding steroid dienone is 2. The third-order valence-corrected chi connectivity index (χ3v) is 37.1. The summed E-state index contributed by atoms with van der Waals surface area (Å²) in [5.41, 5.74) is 10.4. The van der Waals surface area contributed by atoms with E-state index in [-0.39, 0.29) is 60.7 Å². The summed E-state index contributed by atoms with van der Waals surface area (Å²) < 4.78 is 21.9. The number of hydrogen-bond acceptors (Lipinski definition) is 2. The summed E-state index contributed by atoms with van der Waals surface area (Å²) in [6, 6.07) is 24.3. The Hall–Kier alpha value is 1.38. The average Bonchev–Trinajstić information content (AvgIpc) is 3.41. The van der Waals surface area contributed by atoms with Crippen molar-refractivity contribution in [3.63, 3.8) is 0 Å². The maximum Gasteiger partial charge on any atom is -0.147 e. The molecule has 3 aromatic carbocycles. The Morgan fingerprint density at radius 3 is 1.59 bits per heavy atom. The third-order valence-electron chi connectivity index (χ3n) is 8.74. The number of hydrogen-bond donors (Lipinski definition) is 2. The third kappa shape index (κ3) is 12.4. The van der Waals surface area contributed by atoms with E-state index in [1.165, 1.54) is 43.4 Å². The van der Waals surface area contributed by atoms with Crippen LogP contribution in [0.2, 0.25) is 18.5 Å². The van der Waals surface area contributed by atoms with E-state index in [0.29, 0.717) is 7.25 Å². The fourth-order valence-corrected chi connectivity index (χ4v) is 47.8. The first-order valence-corrected chi connectivity index (χ1v) is 44.7. The molecule has 0 saturated carbocycles. The molecule has 5 rings (SSSR count). The Morgan fingerprint density at radius 1 is 0.612 bits per heavy atom. The van der Waals surface area contributed by atoms with Crippen molar-refractivity contribution in [3.8, 4) is 0 Å². The number of nitrogens with one attached hydrogen (secondary N) is 2. The second-order valence-electron chi connectivity index (χ2n) is 17.6. The largest absolute Gasteiger partial charge is 0.147 e. The van der Waals surface area contributed by atoms with Gasteiger partial charge in [-0.1, -0.05) is 0 Å². The van der Waals surface area contributed by atoms with Crippen LogP contribution in [0.3, 0.4) is 0 Å². The van der Waals surface area contributed by atoms with E-state index in [9.17, 15) is 0 Å². The molecule has 3 aromatic rings. The van der Waals surface area contributed by atoms with Crippen molar-refractivity contribution in [3.05, 3.63) is 109 Å². The van der Waals surface area contributed by atoms with Gasteiger partial charge in [-0.3, -0.25) is 0 Å². The predicted molar refractivity (Wildman–Crippen MR) is 237 cm³/mol. The van der Waals surface area contributed by atoms with Crippen LogP contribution in [0, 0.1) is 0 Å².